The number of benzene rings is 1. The Kier molecular flexibility index (Phi) is 4.22. The van der Waals surface area contributed by atoms with Crippen LogP contribution in [-0.2, 0) is 0 Å². The molecule has 3 heteroatoms. The van der Waals surface area contributed by atoms with Crippen LogP contribution in [0.3, 0.4) is 0 Å². The molecular formula is C13H21ClN2. The molecular weight excluding hydrogens is 220 g/mol. The van der Waals surface area contributed by atoms with Gasteiger partial charge in [0.05, 0.1) is 10.7 Å². The number of hydrogen-bond donors (Lipinski definition) is 2. The molecule has 0 aliphatic carbocycles. The zero-order valence-electron chi connectivity index (χ0n) is 10.5. The fourth-order valence-electron chi connectivity index (χ4n) is 1.84. The summed E-state index contributed by atoms with van der Waals surface area (Å²) in [6, 6.07) is 4.11. The maximum absolute atomic E-state index is 6.25. The Balaban J connectivity index is 2.97. The van der Waals surface area contributed by atoms with E-state index in [4.69, 9.17) is 17.3 Å². The lowest BCUT2D eigenvalue weighted by Crippen LogP contribution is -2.33. The van der Waals surface area contributed by atoms with Crippen molar-refractivity contribution in [1.29, 1.82) is 0 Å². The number of nitrogens with two attached hydrogens (primary N) is 1. The zero-order chi connectivity index (χ0) is 12.3. The molecule has 0 saturated carbocycles. The second-order valence-electron chi connectivity index (χ2n) is 4.99. The largest absolute Gasteiger partial charge is 0.379 e. The van der Waals surface area contributed by atoms with Crippen molar-refractivity contribution >= 4 is 17.3 Å². The van der Waals surface area contributed by atoms with Crippen molar-refractivity contribution in [2.24, 2.45) is 5.73 Å². The third-order valence-corrected chi connectivity index (χ3v) is 2.96. The molecule has 0 amide bonds. The van der Waals surface area contributed by atoms with E-state index in [0.29, 0.717) is 6.54 Å². The lowest BCUT2D eigenvalue weighted by molar-refractivity contribution is 0.526. The van der Waals surface area contributed by atoms with Gasteiger partial charge < -0.3 is 11.1 Å². The summed E-state index contributed by atoms with van der Waals surface area (Å²) in [7, 11) is 0. The first-order chi connectivity index (χ1) is 7.35. The first-order valence-electron chi connectivity index (χ1n) is 5.61. The van der Waals surface area contributed by atoms with Crippen molar-refractivity contribution in [1.82, 2.24) is 0 Å². The van der Waals surface area contributed by atoms with Gasteiger partial charge in [-0.3, -0.25) is 0 Å². The van der Waals surface area contributed by atoms with Crippen LogP contribution in [0.2, 0.25) is 5.02 Å². The van der Waals surface area contributed by atoms with Gasteiger partial charge in [-0.25, -0.2) is 0 Å². The normalized spacial score (nSPS) is 11.6. The van der Waals surface area contributed by atoms with Gasteiger partial charge in [0.25, 0.3) is 0 Å². The van der Waals surface area contributed by atoms with Crippen molar-refractivity contribution in [3.05, 3.63) is 28.3 Å². The first kappa shape index (κ1) is 13.3. The van der Waals surface area contributed by atoms with E-state index in [-0.39, 0.29) is 5.54 Å². The average molecular weight is 241 g/mol. The van der Waals surface area contributed by atoms with Crippen molar-refractivity contribution in [3.8, 4) is 0 Å². The van der Waals surface area contributed by atoms with Crippen LogP contribution in [0.15, 0.2) is 12.1 Å². The number of aryl methyl sites for hydroxylation is 2. The average Bonchev–Trinajstić information content (AvgIpc) is 2.11. The van der Waals surface area contributed by atoms with Crippen LogP contribution in [0.1, 0.15) is 31.4 Å². The zero-order valence-corrected chi connectivity index (χ0v) is 11.3. The molecule has 1 rings (SSSR count). The van der Waals surface area contributed by atoms with Crippen molar-refractivity contribution in [2.75, 3.05) is 11.9 Å². The summed E-state index contributed by atoms with van der Waals surface area (Å²) >= 11 is 6.25. The highest BCUT2D eigenvalue weighted by atomic mass is 35.5. The minimum absolute atomic E-state index is 0.0294. The van der Waals surface area contributed by atoms with E-state index in [9.17, 15) is 0 Å². The van der Waals surface area contributed by atoms with Gasteiger partial charge in [-0.15, -0.1) is 0 Å². The minimum Gasteiger partial charge on any atom is -0.379 e. The van der Waals surface area contributed by atoms with Crippen LogP contribution in [0, 0.1) is 13.8 Å². The van der Waals surface area contributed by atoms with E-state index >= 15 is 0 Å². The van der Waals surface area contributed by atoms with E-state index in [1.54, 1.807) is 0 Å². The molecule has 0 aliphatic rings. The number of halogens is 1. The number of anilines is 1. The van der Waals surface area contributed by atoms with E-state index in [1.807, 2.05) is 13.0 Å². The molecule has 0 spiro atoms. The van der Waals surface area contributed by atoms with Crippen LogP contribution in [0.5, 0.6) is 0 Å². The second kappa shape index (κ2) is 5.07. The van der Waals surface area contributed by atoms with Crippen LogP contribution in [0.25, 0.3) is 0 Å². The van der Waals surface area contributed by atoms with Crippen LogP contribution < -0.4 is 11.1 Å². The number of hydrogen-bond acceptors (Lipinski definition) is 2. The summed E-state index contributed by atoms with van der Waals surface area (Å²) in [6.07, 6.45) is 0.913. The van der Waals surface area contributed by atoms with E-state index in [0.717, 1.165) is 17.1 Å². The molecule has 0 aromatic heterocycles. The molecule has 0 radical (unpaired) electrons. The summed E-state index contributed by atoms with van der Waals surface area (Å²) in [4.78, 5) is 0. The highest BCUT2D eigenvalue weighted by molar-refractivity contribution is 6.33. The Bertz CT molecular complexity index is 349. The summed E-state index contributed by atoms with van der Waals surface area (Å²) in [6.45, 7) is 9.06. The number of rotatable bonds is 4. The molecule has 1 aromatic carbocycles. The standard InChI is InChI=1S/C13H21ClN2/c1-9-7-10(2)12(11(14)8-9)16-13(3,4)5-6-15/h7-8,16H,5-6,15H2,1-4H3. The first-order valence-corrected chi connectivity index (χ1v) is 5.98. The summed E-state index contributed by atoms with van der Waals surface area (Å²) in [5.74, 6) is 0. The fraction of sp³-hybridized carbons (Fsp3) is 0.538. The van der Waals surface area contributed by atoms with Crippen molar-refractivity contribution in [3.63, 3.8) is 0 Å². The molecule has 1 aromatic rings. The molecule has 16 heavy (non-hydrogen) atoms. The summed E-state index contributed by atoms with van der Waals surface area (Å²) in [5.41, 5.74) is 8.95. The van der Waals surface area contributed by atoms with Crippen LogP contribution in [-0.4, -0.2) is 12.1 Å². The quantitative estimate of drug-likeness (QED) is 0.846. The molecule has 0 atom stereocenters. The lowest BCUT2D eigenvalue weighted by Gasteiger charge is -2.28. The summed E-state index contributed by atoms with van der Waals surface area (Å²) in [5, 5.41) is 4.25. The van der Waals surface area contributed by atoms with Gasteiger partial charge >= 0.3 is 0 Å². The van der Waals surface area contributed by atoms with E-state index in [2.05, 4.69) is 32.2 Å². The van der Waals surface area contributed by atoms with E-state index in [1.165, 1.54) is 11.1 Å². The maximum atomic E-state index is 6.25. The number of nitrogens with one attached hydrogen (secondary N) is 1. The molecule has 0 bridgehead atoms. The van der Waals surface area contributed by atoms with Gasteiger partial charge in [0.1, 0.15) is 0 Å². The van der Waals surface area contributed by atoms with E-state index < -0.39 is 0 Å². The van der Waals surface area contributed by atoms with Crippen LogP contribution in [0.4, 0.5) is 5.69 Å². The van der Waals surface area contributed by atoms with Gasteiger partial charge in [0.2, 0.25) is 0 Å². The molecule has 0 saturated heterocycles. The van der Waals surface area contributed by atoms with Gasteiger partial charge in [-0.2, -0.15) is 0 Å². The highest BCUT2D eigenvalue weighted by Crippen LogP contribution is 2.30. The fourth-order valence-corrected chi connectivity index (χ4v) is 2.20. The predicted molar refractivity (Wildman–Crippen MR) is 72.3 cm³/mol. The SMILES string of the molecule is Cc1cc(C)c(NC(C)(C)CCN)c(Cl)c1. The Morgan fingerprint density at radius 1 is 1.31 bits per heavy atom. The smallest absolute Gasteiger partial charge is 0.0643 e. The third kappa shape index (κ3) is 3.39. The Hall–Kier alpha value is -0.730. The molecule has 3 N–H and O–H groups in total. The third-order valence-electron chi connectivity index (χ3n) is 2.66. The van der Waals surface area contributed by atoms with Crippen molar-refractivity contribution in [2.45, 2.75) is 39.7 Å². The Morgan fingerprint density at radius 2 is 1.94 bits per heavy atom. The molecule has 0 heterocycles. The Morgan fingerprint density at radius 3 is 2.44 bits per heavy atom. The van der Waals surface area contributed by atoms with Gasteiger partial charge in [0, 0.05) is 5.54 Å². The highest BCUT2D eigenvalue weighted by Gasteiger charge is 2.18. The Labute approximate surface area is 103 Å². The molecule has 0 aliphatic heterocycles. The predicted octanol–water partition coefficient (Wildman–Crippen LogP) is 3.50. The summed E-state index contributed by atoms with van der Waals surface area (Å²) < 4.78 is 0. The second-order valence-corrected chi connectivity index (χ2v) is 5.39. The lowest BCUT2D eigenvalue weighted by atomic mass is 9.99. The van der Waals surface area contributed by atoms with Gasteiger partial charge in [-0.05, 0) is 57.9 Å². The monoisotopic (exact) mass is 240 g/mol. The molecule has 0 fully saturated rings. The van der Waals surface area contributed by atoms with Gasteiger partial charge in [-0.1, -0.05) is 17.7 Å². The molecule has 90 valence electrons. The van der Waals surface area contributed by atoms with Gasteiger partial charge in [0.15, 0.2) is 0 Å². The topological polar surface area (TPSA) is 38.0 Å². The van der Waals surface area contributed by atoms with Crippen molar-refractivity contribution < 1.29 is 0 Å². The minimum atomic E-state index is -0.0294. The molecule has 0 unspecified atom stereocenters. The maximum Gasteiger partial charge on any atom is 0.0643 e. The van der Waals surface area contributed by atoms with Crippen LogP contribution >= 0.6 is 11.6 Å². The molecule has 2 nitrogen and oxygen atoms in total.